The fourth-order valence-electron chi connectivity index (χ4n) is 2.23. The standard InChI is InChI=1S/C15H17NO3/c1-9(2)11-5-4-6-12-10(8-14(18)19-3)7-13(17)16-15(11)12/h4-7,9H,8H2,1-3H3,(H,16,17). The number of hydrogen-bond donors (Lipinski definition) is 1. The van der Waals surface area contributed by atoms with Gasteiger partial charge >= 0.3 is 5.97 Å². The van der Waals surface area contributed by atoms with Crippen LogP contribution in [0.3, 0.4) is 0 Å². The molecule has 1 aromatic carbocycles. The van der Waals surface area contributed by atoms with E-state index in [1.54, 1.807) is 0 Å². The number of hydrogen-bond acceptors (Lipinski definition) is 3. The Morgan fingerprint density at radius 3 is 2.74 bits per heavy atom. The van der Waals surface area contributed by atoms with Crippen LogP contribution in [0.15, 0.2) is 29.1 Å². The van der Waals surface area contributed by atoms with E-state index in [2.05, 4.69) is 23.6 Å². The SMILES string of the molecule is COC(=O)Cc1cc(=O)[nH]c2c(C(C)C)cccc12. The van der Waals surface area contributed by atoms with Crippen molar-refractivity contribution >= 4 is 16.9 Å². The Morgan fingerprint density at radius 2 is 2.11 bits per heavy atom. The van der Waals surface area contributed by atoms with Crippen molar-refractivity contribution in [2.75, 3.05) is 7.11 Å². The molecule has 0 atom stereocenters. The minimum absolute atomic E-state index is 0.110. The van der Waals surface area contributed by atoms with Gasteiger partial charge in [0.25, 0.3) is 0 Å². The summed E-state index contributed by atoms with van der Waals surface area (Å²) >= 11 is 0. The van der Waals surface area contributed by atoms with Gasteiger partial charge in [0, 0.05) is 11.5 Å². The van der Waals surface area contributed by atoms with Crippen LogP contribution in [0.25, 0.3) is 10.9 Å². The third-order valence-corrected chi connectivity index (χ3v) is 3.18. The summed E-state index contributed by atoms with van der Waals surface area (Å²) in [6.07, 6.45) is 0.110. The average Bonchev–Trinajstić information content (AvgIpc) is 2.37. The zero-order valence-electron chi connectivity index (χ0n) is 11.3. The van der Waals surface area contributed by atoms with E-state index in [0.29, 0.717) is 11.5 Å². The van der Waals surface area contributed by atoms with Gasteiger partial charge in [-0.05, 0) is 17.0 Å². The molecular weight excluding hydrogens is 242 g/mol. The van der Waals surface area contributed by atoms with Crippen molar-refractivity contribution in [1.29, 1.82) is 0 Å². The summed E-state index contributed by atoms with van der Waals surface area (Å²) < 4.78 is 4.67. The van der Waals surface area contributed by atoms with Crippen molar-refractivity contribution in [1.82, 2.24) is 4.98 Å². The molecule has 0 unspecified atom stereocenters. The number of rotatable bonds is 3. The minimum atomic E-state index is -0.346. The van der Waals surface area contributed by atoms with E-state index in [1.165, 1.54) is 13.2 Å². The summed E-state index contributed by atoms with van der Waals surface area (Å²) in [5, 5.41) is 0.899. The van der Waals surface area contributed by atoms with Gasteiger partial charge in [0.05, 0.1) is 19.0 Å². The highest BCUT2D eigenvalue weighted by molar-refractivity contribution is 5.88. The van der Waals surface area contributed by atoms with Crippen LogP contribution in [-0.4, -0.2) is 18.1 Å². The first kappa shape index (κ1) is 13.3. The highest BCUT2D eigenvalue weighted by Gasteiger charge is 2.12. The Kier molecular flexibility index (Phi) is 3.69. The molecule has 19 heavy (non-hydrogen) atoms. The summed E-state index contributed by atoms with van der Waals surface area (Å²) in [5.74, 6) is -0.0467. The molecule has 0 fully saturated rings. The molecule has 0 aliphatic rings. The van der Waals surface area contributed by atoms with Crippen molar-refractivity contribution in [3.05, 3.63) is 45.7 Å². The Bertz CT molecular complexity index is 671. The van der Waals surface area contributed by atoms with E-state index in [9.17, 15) is 9.59 Å². The largest absolute Gasteiger partial charge is 0.469 e. The molecule has 2 aromatic rings. The number of fused-ring (bicyclic) bond motifs is 1. The molecule has 0 saturated carbocycles. The van der Waals surface area contributed by atoms with Crippen molar-refractivity contribution in [2.24, 2.45) is 0 Å². The number of esters is 1. The lowest BCUT2D eigenvalue weighted by Gasteiger charge is -2.12. The summed E-state index contributed by atoms with van der Waals surface area (Å²) in [5.41, 5.74) is 2.39. The summed E-state index contributed by atoms with van der Waals surface area (Å²) in [4.78, 5) is 26.0. The maximum atomic E-state index is 11.7. The number of aromatic amines is 1. The Hall–Kier alpha value is -2.10. The summed E-state index contributed by atoms with van der Waals surface area (Å²) in [6.45, 7) is 4.14. The van der Waals surface area contributed by atoms with Gasteiger partial charge in [0.2, 0.25) is 5.56 Å². The van der Waals surface area contributed by atoms with E-state index < -0.39 is 0 Å². The van der Waals surface area contributed by atoms with Crippen molar-refractivity contribution < 1.29 is 9.53 Å². The second-order valence-electron chi connectivity index (χ2n) is 4.84. The summed E-state index contributed by atoms with van der Waals surface area (Å²) in [6, 6.07) is 7.31. The van der Waals surface area contributed by atoms with Crippen LogP contribution < -0.4 is 5.56 Å². The lowest BCUT2D eigenvalue weighted by atomic mass is 9.97. The molecular formula is C15H17NO3. The normalized spacial score (nSPS) is 10.9. The van der Waals surface area contributed by atoms with Crippen LogP contribution in [0, 0.1) is 0 Å². The lowest BCUT2D eigenvalue weighted by Crippen LogP contribution is -2.12. The molecule has 4 heteroatoms. The highest BCUT2D eigenvalue weighted by Crippen LogP contribution is 2.25. The molecule has 0 aliphatic carbocycles. The number of methoxy groups -OCH3 is 1. The number of H-pyrrole nitrogens is 1. The molecule has 1 heterocycles. The molecule has 0 bridgehead atoms. The Morgan fingerprint density at radius 1 is 1.37 bits per heavy atom. The number of benzene rings is 1. The number of nitrogens with one attached hydrogen (secondary N) is 1. The average molecular weight is 259 g/mol. The second-order valence-corrected chi connectivity index (χ2v) is 4.84. The maximum absolute atomic E-state index is 11.7. The van der Waals surface area contributed by atoms with Gasteiger partial charge in [-0.2, -0.15) is 0 Å². The topological polar surface area (TPSA) is 59.2 Å². The van der Waals surface area contributed by atoms with Gasteiger partial charge in [-0.1, -0.05) is 32.0 Å². The fourth-order valence-corrected chi connectivity index (χ4v) is 2.23. The smallest absolute Gasteiger partial charge is 0.310 e. The maximum Gasteiger partial charge on any atom is 0.310 e. The third-order valence-electron chi connectivity index (χ3n) is 3.18. The molecule has 0 saturated heterocycles. The molecule has 0 amide bonds. The van der Waals surface area contributed by atoms with Crippen molar-refractivity contribution in [3.8, 4) is 0 Å². The van der Waals surface area contributed by atoms with Crippen LogP contribution in [-0.2, 0) is 16.0 Å². The zero-order chi connectivity index (χ0) is 14.0. The molecule has 100 valence electrons. The van der Waals surface area contributed by atoms with Gasteiger partial charge in [-0.15, -0.1) is 0 Å². The molecule has 4 nitrogen and oxygen atoms in total. The van der Waals surface area contributed by atoms with Crippen molar-refractivity contribution in [3.63, 3.8) is 0 Å². The Labute approximate surface area is 111 Å². The van der Waals surface area contributed by atoms with Crippen molar-refractivity contribution in [2.45, 2.75) is 26.2 Å². The van der Waals surface area contributed by atoms with E-state index >= 15 is 0 Å². The zero-order valence-corrected chi connectivity index (χ0v) is 11.3. The second kappa shape index (κ2) is 5.26. The number of pyridine rings is 1. The number of carbonyl (C=O) groups is 1. The van der Waals surface area contributed by atoms with Gasteiger partial charge in [-0.3, -0.25) is 9.59 Å². The van der Waals surface area contributed by atoms with Gasteiger partial charge < -0.3 is 9.72 Å². The van der Waals surface area contributed by atoms with E-state index in [1.807, 2.05) is 18.2 Å². The fraction of sp³-hybridized carbons (Fsp3) is 0.333. The molecule has 0 radical (unpaired) electrons. The highest BCUT2D eigenvalue weighted by atomic mass is 16.5. The van der Waals surface area contributed by atoms with Gasteiger partial charge in [0.1, 0.15) is 0 Å². The minimum Gasteiger partial charge on any atom is -0.469 e. The molecule has 1 N–H and O–H groups in total. The monoisotopic (exact) mass is 259 g/mol. The first-order valence-corrected chi connectivity index (χ1v) is 6.24. The number of carbonyl (C=O) groups excluding carboxylic acids is 1. The van der Waals surface area contributed by atoms with Crippen LogP contribution in [0.2, 0.25) is 0 Å². The molecule has 1 aromatic heterocycles. The van der Waals surface area contributed by atoms with Crippen LogP contribution in [0.4, 0.5) is 0 Å². The first-order valence-electron chi connectivity index (χ1n) is 6.24. The van der Waals surface area contributed by atoms with Crippen LogP contribution in [0.1, 0.15) is 30.9 Å². The first-order chi connectivity index (χ1) is 9.02. The quantitative estimate of drug-likeness (QED) is 0.861. The predicted octanol–water partition coefficient (Wildman–Crippen LogP) is 2.37. The number of para-hydroxylation sites is 1. The summed E-state index contributed by atoms with van der Waals surface area (Å²) in [7, 11) is 1.34. The van der Waals surface area contributed by atoms with E-state index in [4.69, 9.17) is 0 Å². The van der Waals surface area contributed by atoms with Crippen LogP contribution >= 0.6 is 0 Å². The molecule has 0 spiro atoms. The van der Waals surface area contributed by atoms with Gasteiger partial charge in [0.15, 0.2) is 0 Å². The number of ether oxygens (including phenoxy) is 1. The van der Waals surface area contributed by atoms with E-state index in [-0.39, 0.29) is 17.9 Å². The van der Waals surface area contributed by atoms with Crippen LogP contribution in [0.5, 0.6) is 0 Å². The predicted molar refractivity (Wildman–Crippen MR) is 74.4 cm³/mol. The number of aromatic nitrogens is 1. The Balaban J connectivity index is 2.69. The van der Waals surface area contributed by atoms with E-state index in [0.717, 1.165) is 16.5 Å². The molecule has 0 aliphatic heterocycles. The third kappa shape index (κ3) is 2.67. The van der Waals surface area contributed by atoms with Gasteiger partial charge in [-0.25, -0.2) is 0 Å². The molecule has 2 rings (SSSR count). The lowest BCUT2D eigenvalue weighted by molar-refractivity contribution is -0.139.